The highest BCUT2D eigenvalue weighted by atomic mass is 32.2. The van der Waals surface area contributed by atoms with Crippen LogP contribution in [0.2, 0.25) is 0 Å². The molecule has 1 unspecified atom stereocenters. The number of pyridine rings is 1. The number of piperidine rings is 1. The number of anilines is 1. The van der Waals surface area contributed by atoms with Crippen LogP contribution >= 0.6 is 24.0 Å². The van der Waals surface area contributed by atoms with Crippen LogP contribution < -0.4 is 10.5 Å². The van der Waals surface area contributed by atoms with Crippen LogP contribution in [0.15, 0.2) is 9.70 Å². The van der Waals surface area contributed by atoms with Gasteiger partial charge >= 0.3 is 5.97 Å². The molecule has 1 aromatic heterocycles. The average Bonchev–Trinajstić information content (AvgIpc) is 3.17. The first-order chi connectivity index (χ1) is 18.3. The molecular formula is C27H36N4O5S2. The van der Waals surface area contributed by atoms with E-state index in [1.165, 1.54) is 11.8 Å². The van der Waals surface area contributed by atoms with Gasteiger partial charge in [0.1, 0.15) is 21.8 Å². The van der Waals surface area contributed by atoms with E-state index in [2.05, 4.69) is 6.07 Å². The van der Waals surface area contributed by atoms with Crippen molar-refractivity contribution in [2.24, 2.45) is 5.92 Å². The topological polar surface area (TPSA) is 105 Å². The molecule has 11 heteroatoms. The zero-order valence-corrected chi connectivity index (χ0v) is 24.2. The van der Waals surface area contributed by atoms with Crippen molar-refractivity contribution in [3.05, 3.63) is 31.9 Å². The molecule has 3 rings (SSSR count). The molecule has 0 radical (unpaired) electrons. The van der Waals surface area contributed by atoms with Crippen LogP contribution in [0.1, 0.15) is 63.1 Å². The van der Waals surface area contributed by atoms with E-state index in [1.54, 1.807) is 29.4 Å². The Kier molecular flexibility index (Phi) is 10.9. The zero-order valence-electron chi connectivity index (χ0n) is 22.6. The molecule has 2 fully saturated rings. The van der Waals surface area contributed by atoms with Crippen LogP contribution in [0.3, 0.4) is 0 Å². The maximum atomic E-state index is 13.4. The molecular weight excluding hydrogens is 524 g/mol. The lowest BCUT2D eigenvalue weighted by molar-refractivity contribution is -0.148. The van der Waals surface area contributed by atoms with Gasteiger partial charge in [0, 0.05) is 45.0 Å². The summed E-state index contributed by atoms with van der Waals surface area (Å²) in [5.74, 6) is -0.136. The van der Waals surface area contributed by atoms with Gasteiger partial charge in [0.2, 0.25) is 0 Å². The van der Waals surface area contributed by atoms with Gasteiger partial charge in [-0.3, -0.25) is 23.9 Å². The van der Waals surface area contributed by atoms with Gasteiger partial charge in [-0.15, -0.1) is 0 Å². The number of ether oxygens (including phenoxy) is 2. The highest BCUT2D eigenvalue weighted by molar-refractivity contribution is 8.26. The molecule has 206 valence electrons. The quantitative estimate of drug-likeness (QED) is 0.173. The Hall–Kier alpha value is -2.68. The minimum atomic E-state index is -0.360. The van der Waals surface area contributed by atoms with Gasteiger partial charge < -0.3 is 14.4 Å². The molecule has 1 aromatic rings. The zero-order chi connectivity index (χ0) is 27.8. The second-order valence-electron chi connectivity index (χ2n) is 9.23. The second kappa shape index (κ2) is 13.9. The van der Waals surface area contributed by atoms with Crippen LogP contribution in [0, 0.1) is 24.2 Å². The predicted molar refractivity (Wildman–Crippen MR) is 153 cm³/mol. The fourth-order valence-corrected chi connectivity index (χ4v) is 6.12. The molecule has 0 bridgehead atoms. The SMILES string of the molecule is CCCn1c(N2CCCC(C(=O)OCC)C2)c(/C=C2/SC(=S)N(CCCOCC)C2=O)c(C)c(C#N)c1=O. The van der Waals surface area contributed by atoms with Crippen molar-refractivity contribution in [3.8, 4) is 6.07 Å². The minimum Gasteiger partial charge on any atom is -0.466 e. The van der Waals surface area contributed by atoms with Crippen molar-refractivity contribution in [2.45, 2.75) is 59.9 Å². The van der Waals surface area contributed by atoms with Crippen molar-refractivity contribution in [2.75, 3.05) is 44.4 Å². The van der Waals surface area contributed by atoms with E-state index in [9.17, 15) is 19.6 Å². The van der Waals surface area contributed by atoms with E-state index < -0.39 is 0 Å². The highest BCUT2D eigenvalue weighted by Gasteiger charge is 2.34. The van der Waals surface area contributed by atoms with Crippen LogP contribution in [0.25, 0.3) is 6.08 Å². The van der Waals surface area contributed by atoms with Gasteiger partial charge in [0.05, 0.1) is 17.4 Å². The number of hydrogen-bond acceptors (Lipinski definition) is 9. The third-order valence-electron chi connectivity index (χ3n) is 6.66. The van der Waals surface area contributed by atoms with E-state index in [-0.39, 0.29) is 28.9 Å². The minimum absolute atomic E-state index is 0.0552. The summed E-state index contributed by atoms with van der Waals surface area (Å²) in [5, 5.41) is 9.86. The number of nitriles is 1. The number of nitrogens with zero attached hydrogens (tertiary/aromatic N) is 4. The van der Waals surface area contributed by atoms with Gasteiger partial charge in [-0.05, 0) is 58.1 Å². The molecule has 2 saturated heterocycles. The Morgan fingerprint density at radius 1 is 1.24 bits per heavy atom. The summed E-state index contributed by atoms with van der Waals surface area (Å²) in [6, 6.07) is 2.07. The number of rotatable bonds is 11. The smallest absolute Gasteiger partial charge is 0.310 e. The summed E-state index contributed by atoms with van der Waals surface area (Å²) in [4.78, 5) is 43.4. The summed E-state index contributed by atoms with van der Waals surface area (Å²) in [6.45, 7) is 10.8. The largest absolute Gasteiger partial charge is 0.466 e. The Morgan fingerprint density at radius 2 is 2.00 bits per heavy atom. The Balaban J connectivity index is 2.10. The first kappa shape index (κ1) is 29.9. The van der Waals surface area contributed by atoms with Gasteiger partial charge in [-0.1, -0.05) is 30.9 Å². The third kappa shape index (κ3) is 6.47. The Labute approximate surface area is 233 Å². The van der Waals surface area contributed by atoms with E-state index in [0.717, 1.165) is 6.42 Å². The highest BCUT2D eigenvalue weighted by Crippen LogP contribution is 2.37. The summed E-state index contributed by atoms with van der Waals surface area (Å²) in [7, 11) is 0. The maximum absolute atomic E-state index is 13.4. The van der Waals surface area contributed by atoms with Gasteiger partial charge in [-0.2, -0.15) is 5.26 Å². The van der Waals surface area contributed by atoms with Crippen LogP contribution in [-0.2, 0) is 25.6 Å². The Morgan fingerprint density at radius 3 is 2.66 bits per heavy atom. The predicted octanol–water partition coefficient (Wildman–Crippen LogP) is 3.85. The average molecular weight is 561 g/mol. The molecule has 38 heavy (non-hydrogen) atoms. The van der Waals surface area contributed by atoms with Gasteiger partial charge in [-0.25, -0.2) is 0 Å². The molecule has 0 saturated carbocycles. The van der Waals surface area contributed by atoms with E-state index >= 15 is 0 Å². The number of amides is 1. The summed E-state index contributed by atoms with van der Waals surface area (Å²) in [6.07, 6.45) is 4.56. The van der Waals surface area contributed by atoms with E-state index in [0.29, 0.717) is 91.4 Å². The van der Waals surface area contributed by atoms with Crippen molar-refractivity contribution < 1.29 is 19.1 Å². The fourth-order valence-electron chi connectivity index (χ4n) is 4.83. The third-order valence-corrected chi connectivity index (χ3v) is 8.04. The normalized spacial score (nSPS) is 18.8. The molecule has 2 aliphatic heterocycles. The lowest BCUT2D eigenvalue weighted by Crippen LogP contribution is -2.43. The molecule has 0 N–H and O–H groups in total. The van der Waals surface area contributed by atoms with E-state index in [1.807, 2.05) is 18.7 Å². The van der Waals surface area contributed by atoms with Crippen molar-refractivity contribution in [3.63, 3.8) is 0 Å². The Bertz CT molecular complexity index is 1200. The maximum Gasteiger partial charge on any atom is 0.310 e. The standard InChI is InChI=1S/C27H36N4O5S2/c1-5-11-30-23(29-12-8-10-19(17-29)26(34)36-7-3)20(18(4)21(16-28)24(30)32)15-22-25(33)31(27(37)38-22)13-9-14-35-6-2/h15,19H,5-14,17H2,1-4H3/b22-15+. The van der Waals surface area contributed by atoms with Crippen molar-refractivity contribution in [1.82, 2.24) is 9.47 Å². The van der Waals surface area contributed by atoms with Gasteiger partial charge in [0.15, 0.2) is 0 Å². The number of hydrogen-bond donors (Lipinski definition) is 0. The number of thioether (sulfide) groups is 1. The van der Waals surface area contributed by atoms with E-state index in [4.69, 9.17) is 21.7 Å². The summed E-state index contributed by atoms with van der Waals surface area (Å²) >= 11 is 6.72. The number of aromatic nitrogens is 1. The number of esters is 1. The first-order valence-corrected chi connectivity index (χ1v) is 14.4. The monoisotopic (exact) mass is 560 g/mol. The van der Waals surface area contributed by atoms with Crippen molar-refractivity contribution >= 4 is 52.1 Å². The van der Waals surface area contributed by atoms with Crippen LogP contribution in [0.4, 0.5) is 5.82 Å². The molecule has 3 heterocycles. The molecule has 1 atom stereocenters. The lowest BCUT2D eigenvalue weighted by Gasteiger charge is -2.36. The van der Waals surface area contributed by atoms with Crippen LogP contribution in [-0.4, -0.2) is 65.1 Å². The van der Waals surface area contributed by atoms with Crippen LogP contribution in [0.5, 0.6) is 0 Å². The summed E-state index contributed by atoms with van der Waals surface area (Å²) < 4.78 is 12.8. The molecule has 9 nitrogen and oxygen atoms in total. The summed E-state index contributed by atoms with van der Waals surface area (Å²) in [5.41, 5.74) is 0.842. The van der Waals surface area contributed by atoms with Crippen molar-refractivity contribution in [1.29, 1.82) is 5.26 Å². The second-order valence-corrected chi connectivity index (χ2v) is 10.9. The molecule has 0 aromatic carbocycles. The number of thiocarbonyl (C=S) groups is 1. The first-order valence-electron chi connectivity index (χ1n) is 13.2. The molecule has 1 amide bonds. The molecule has 0 spiro atoms. The fraction of sp³-hybridized carbons (Fsp3) is 0.593. The number of carbonyl (C=O) groups excluding carboxylic acids is 2. The lowest BCUT2D eigenvalue weighted by atomic mass is 9.96. The van der Waals surface area contributed by atoms with Gasteiger partial charge in [0.25, 0.3) is 11.5 Å². The number of carbonyl (C=O) groups is 2. The molecule has 0 aliphatic carbocycles. The molecule has 2 aliphatic rings.